The van der Waals surface area contributed by atoms with Crippen molar-refractivity contribution < 1.29 is 4.74 Å². The molecule has 11 heavy (non-hydrogen) atoms. The first-order valence-electron chi connectivity index (χ1n) is 4.49. The average molecular weight is 157 g/mol. The third-order valence-electron chi connectivity index (χ3n) is 1.31. The van der Waals surface area contributed by atoms with Crippen molar-refractivity contribution in [3.8, 4) is 0 Å². The summed E-state index contributed by atoms with van der Waals surface area (Å²) in [6, 6.07) is 0. The zero-order chi connectivity index (χ0) is 8.74. The highest BCUT2D eigenvalue weighted by atomic mass is 16.5. The van der Waals surface area contributed by atoms with Crippen molar-refractivity contribution >= 4 is 0 Å². The second-order valence-corrected chi connectivity index (χ2v) is 4.18. The van der Waals surface area contributed by atoms with Gasteiger partial charge in [0.15, 0.2) is 0 Å². The molecule has 0 aliphatic carbocycles. The van der Waals surface area contributed by atoms with E-state index in [0.717, 1.165) is 13.0 Å². The number of hydrogen-bond acceptors (Lipinski definition) is 1. The van der Waals surface area contributed by atoms with Crippen molar-refractivity contribution in [2.75, 3.05) is 6.61 Å². The van der Waals surface area contributed by atoms with Crippen LogP contribution in [0.1, 0.15) is 47.0 Å². The summed E-state index contributed by atoms with van der Waals surface area (Å²) in [6.07, 6.45) is 3.58. The van der Waals surface area contributed by atoms with Gasteiger partial charge in [-0.1, -0.05) is 40.5 Å². The third kappa shape index (κ3) is 9.96. The van der Waals surface area contributed by atoms with E-state index in [0.29, 0.717) is 5.41 Å². The van der Waals surface area contributed by atoms with Crippen molar-refractivity contribution in [3.63, 3.8) is 0 Å². The summed E-state index contributed by atoms with van der Waals surface area (Å²) in [7, 11) is 0. The van der Waals surface area contributed by atoms with E-state index in [1.54, 1.807) is 0 Å². The molecule has 0 N–H and O–H groups in total. The molecule has 0 amide bonds. The Morgan fingerprint density at radius 3 is 2.36 bits per heavy atom. The van der Waals surface area contributed by atoms with Crippen LogP contribution in [0.4, 0.5) is 0 Å². The molecule has 0 heterocycles. The molecule has 1 heteroatoms. The molecule has 0 saturated carbocycles. The minimum atomic E-state index is 0.294. The highest BCUT2D eigenvalue weighted by molar-refractivity contribution is 4.61. The fraction of sp³-hybridized carbons (Fsp3) is 0.900. The van der Waals surface area contributed by atoms with Gasteiger partial charge in [0, 0.05) is 0 Å². The van der Waals surface area contributed by atoms with Crippen LogP contribution in [-0.2, 0) is 4.74 Å². The predicted octanol–water partition coefficient (Wildman–Crippen LogP) is 3.40. The van der Waals surface area contributed by atoms with Crippen LogP contribution in [-0.4, -0.2) is 6.61 Å². The van der Waals surface area contributed by atoms with Gasteiger partial charge in [-0.25, -0.2) is 0 Å². The van der Waals surface area contributed by atoms with Crippen LogP contribution in [0.5, 0.6) is 0 Å². The van der Waals surface area contributed by atoms with Crippen LogP contribution in [0.25, 0.3) is 0 Å². The molecule has 0 aromatic rings. The van der Waals surface area contributed by atoms with Gasteiger partial charge in [-0.15, -0.1) is 0 Å². The molecular formula is C10H21O. The minimum absolute atomic E-state index is 0.294. The van der Waals surface area contributed by atoms with Crippen LogP contribution in [0.15, 0.2) is 0 Å². The SMILES string of the molecule is CCCC[CH]OCC(C)(C)C. The lowest BCUT2D eigenvalue weighted by atomic mass is 9.99. The van der Waals surface area contributed by atoms with E-state index in [1.807, 2.05) is 6.61 Å². The van der Waals surface area contributed by atoms with Gasteiger partial charge < -0.3 is 4.74 Å². The molecular weight excluding hydrogens is 136 g/mol. The average Bonchev–Trinajstić information content (AvgIpc) is 1.85. The maximum absolute atomic E-state index is 5.38. The van der Waals surface area contributed by atoms with Crippen molar-refractivity contribution in [2.45, 2.75) is 47.0 Å². The molecule has 0 bridgehead atoms. The summed E-state index contributed by atoms with van der Waals surface area (Å²) in [5.74, 6) is 0. The Balaban J connectivity index is 3.02. The number of hydrogen-bond donors (Lipinski definition) is 0. The largest absolute Gasteiger partial charge is 0.375 e. The Kier molecular flexibility index (Phi) is 5.57. The van der Waals surface area contributed by atoms with Crippen LogP contribution >= 0.6 is 0 Å². The van der Waals surface area contributed by atoms with Crippen LogP contribution < -0.4 is 0 Å². The van der Waals surface area contributed by atoms with Crippen LogP contribution in [0.2, 0.25) is 0 Å². The monoisotopic (exact) mass is 157 g/mol. The molecule has 67 valence electrons. The standard InChI is InChI=1S/C10H21O/c1-5-6-7-8-11-9-10(2,3)4/h8H,5-7,9H2,1-4H3. The van der Waals surface area contributed by atoms with E-state index >= 15 is 0 Å². The first-order chi connectivity index (χ1) is 5.06. The quantitative estimate of drug-likeness (QED) is 0.556. The summed E-state index contributed by atoms with van der Waals surface area (Å²) in [5, 5.41) is 0. The normalized spacial score (nSPS) is 12.0. The van der Waals surface area contributed by atoms with Gasteiger partial charge in [-0.05, 0) is 11.8 Å². The third-order valence-corrected chi connectivity index (χ3v) is 1.31. The Morgan fingerprint density at radius 2 is 1.91 bits per heavy atom. The van der Waals surface area contributed by atoms with Gasteiger partial charge in [0.05, 0.1) is 13.2 Å². The van der Waals surface area contributed by atoms with Gasteiger partial charge >= 0.3 is 0 Å². The Hall–Kier alpha value is -0.0400. The smallest absolute Gasteiger partial charge is 0.0836 e. The zero-order valence-corrected chi connectivity index (χ0v) is 8.31. The van der Waals surface area contributed by atoms with Crippen LogP contribution in [0.3, 0.4) is 0 Å². The number of unbranched alkanes of at least 4 members (excludes halogenated alkanes) is 2. The molecule has 1 nitrogen and oxygen atoms in total. The summed E-state index contributed by atoms with van der Waals surface area (Å²) >= 11 is 0. The molecule has 0 atom stereocenters. The lowest BCUT2D eigenvalue weighted by molar-refractivity contribution is 0.113. The van der Waals surface area contributed by atoms with E-state index in [-0.39, 0.29) is 0 Å². The molecule has 0 aromatic heterocycles. The maximum atomic E-state index is 5.38. The van der Waals surface area contributed by atoms with Gasteiger partial charge in [-0.2, -0.15) is 0 Å². The second kappa shape index (κ2) is 5.59. The predicted molar refractivity (Wildman–Crippen MR) is 49.2 cm³/mol. The van der Waals surface area contributed by atoms with E-state index in [2.05, 4.69) is 27.7 Å². The van der Waals surface area contributed by atoms with Gasteiger partial charge in [0.25, 0.3) is 0 Å². The van der Waals surface area contributed by atoms with Crippen molar-refractivity contribution in [2.24, 2.45) is 5.41 Å². The molecule has 0 aliphatic rings. The highest BCUT2D eigenvalue weighted by Gasteiger charge is 2.09. The molecule has 0 rings (SSSR count). The fourth-order valence-corrected chi connectivity index (χ4v) is 0.680. The summed E-state index contributed by atoms with van der Waals surface area (Å²) in [5.41, 5.74) is 0.294. The Labute approximate surface area is 71.1 Å². The minimum Gasteiger partial charge on any atom is -0.375 e. The van der Waals surface area contributed by atoms with Crippen molar-refractivity contribution in [1.82, 2.24) is 0 Å². The van der Waals surface area contributed by atoms with Gasteiger partial charge in [-0.3, -0.25) is 0 Å². The van der Waals surface area contributed by atoms with E-state index in [4.69, 9.17) is 4.74 Å². The van der Waals surface area contributed by atoms with Crippen LogP contribution in [0, 0.1) is 12.0 Å². The molecule has 0 unspecified atom stereocenters. The van der Waals surface area contributed by atoms with Crippen molar-refractivity contribution in [1.29, 1.82) is 0 Å². The Bertz CT molecular complexity index is 81.4. The second-order valence-electron chi connectivity index (χ2n) is 4.18. The fourth-order valence-electron chi connectivity index (χ4n) is 0.680. The molecule has 0 fully saturated rings. The van der Waals surface area contributed by atoms with E-state index in [1.165, 1.54) is 12.8 Å². The lowest BCUT2D eigenvalue weighted by Crippen LogP contribution is -2.13. The molecule has 0 aliphatic heterocycles. The highest BCUT2D eigenvalue weighted by Crippen LogP contribution is 2.14. The first kappa shape index (κ1) is 11.0. The first-order valence-corrected chi connectivity index (χ1v) is 4.49. The van der Waals surface area contributed by atoms with Gasteiger partial charge in [0.1, 0.15) is 0 Å². The molecule has 0 spiro atoms. The van der Waals surface area contributed by atoms with E-state index < -0.39 is 0 Å². The Morgan fingerprint density at radius 1 is 1.27 bits per heavy atom. The van der Waals surface area contributed by atoms with E-state index in [9.17, 15) is 0 Å². The topological polar surface area (TPSA) is 9.23 Å². The lowest BCUT2D eigenvalue weighted by Gasteiger charge is -2.17. The summed E-state index contributed by atoms with van der Waals surface area (Å²) < 4.78 is 5.38. The van der Waals surface area contributed by atoms with Gasteiger partial charge in [0.2, 0.25) is 0 Å². The van der Waals surface area contributed by atoms with Crippen molar-refractivity contribution in [3.05, 3.63) is 6.61 Å². The zero-order valence-electron chi connectivity index (χ0n) is 8.31. The summed E-state index contributed by atoms with van der Waals surface area (Å²) in [4.78, 5) is 0. The molecule has 0 aromatic carbocycles. The maximum Gasteiger partial charge on any atom is 0.0836 e. The summed E-state index contributed by atoms with van der Waals surface area (Å²) in [6.45, 7) is 11.5. The number of rotatable bonds is 5. The molecule has 0 saturated heterocycles. The molecule has 1 radical (unpaired) electrons. The number of ether oxygens (including phenoxy) is 1.